The molecule has 0 saturated carbocycles. The van der Waals surface area contributed by atoms with Gasteiger partial charge in [0.05, 0.1) is 12.9 Å². The SMILES string of the molecule is CCOC(=O)C(CC)NCCNS(C)(=O)=O. The van der Waals surface area contributed by atoms with Gasteiger partial charge < -0.3 is 10.1 Å². The van der Waals surface area contributed by atoms with E-state index in [2.05, 4.69) is 10.0 Å². The monoisotopic (exact) mass is 252 g/mol. The van der Waals surface area contributed by atoms with Gasteiger partial charge in [-0.05, 0) is 13.3 Å². The van der Waals surface area contributed by atoms with Gasteiger partial charge in [-0.25, -0.2) is 13.1 Å². The molecule has 0 fully saturated rings. The lowest BCUT2D eigenvalue weighted by molar-refractivity contribution is -0.145. The number of ether oxygens (including phenoxy) is 1. The van der Waals surface area contributed by atoms with E-state index in [0.29, 0.717) is 19.6 Å². The summed E-state index contributed by atoms with van der Waals surface area (Å²) in [6, 6.07) is -0.374. The van der Waals surface area contributed by atoms with Crippen LogP contribution in [0.4, 0.5) is 0 Å². The van der Waals surface area contributed by atoms with Crippen molar-refractivity contribution in [2.75, 3.05) is 26.0 Å². The summed E-state index contributed by atoms with van der Waals surface area (Å²) in [5.74, 6) is -0.302. The highest BCUT2D eigenvalue weighted by molar-refractivity contribution is 7.88. The van der Waals surface area contributed by atoms with Gasteiger partial charge in [0.15, 0.2) is 0 Å². The van der Waals surface area contributed by atoms with E-state index >= 15 is 0 Å². The van der Waals surface area contributed by atoms with E-state index in [1.54, 1.807) is 6.92 Å². The Bertz CT molecular complexity index is 303. The molecule has 7 heteroatoms. The molecule has 0 rings (SSSR count). The fraction of sp³-hybridized carbons (Fsp3) is 0.889. The lowest BCUT2D eigenvalue weighted by atomic mass is 10.2. The van der Waals surface area contributed by atoms with Crippen molar-refractivity contribution in [3.8, 4) is 0 Å². The molecule has 16 heavy (non-hydrogen) atoms. The highest BCUT2D eigenvalue weighted by Crippen LogP contribution is 1.94. The molecule has 0 aromatic rings. The second-order valence-electron chi connectivity index (χ2n) is 3.33. The molecule has 0 aromatic carbocycles. The van der Waals surface area contributed by atoms with Crippen molar-refractivity contribution >= 4 is 16.0 Å². The van der Waals surface area contributed by atoms with Crippen molar-refractivity contribution in [2.45, 2.75) is 26.3 Å². The van der Waals surface area contributed by atoms with Gasteiger partial charge in [-0.2, -0.15) is 0 Å². The largest absolute Gasteiger partial charge is 0.465 e. The highest BCUT2D eigenvalue weighted by atomic mass is 32.2. The summed E-state index contributed by atoms with van der Waals surface area (Å²) < 4.78 is 28.7. The van der Waals surface area contributed by atoms with Crippen LogP contribution in [0.3, 0.4) is 0 Å². The number of sulfonamides is 1. The third kappa shape index (κ3) is 7.61. The summed E-state index contributed by atoms with van der Waals surface area (Å²) in [5, 5.41) is 2.93. The molecule has 1 atom stereocenters. The number of nitrogens with one attached hydrogen (secondary N) is 2. The Morgan fingerprint density at radius 2 is 1.94 bits per heavy atom. The number of hydrogen-bond acceptors (Lipinski definition) is 5. The molecule has 0 amide bonds. The first-order chi connectivity index (χ1) is 7.40. The topological polar surface area (TPSA) is 84.5 Å². The van der Waals surface area contributed by atoms with Crippen LogP contribution < -0.4 is 10.0 Å². The van der Waals surface area contributed by atoms with E-state index in [1.165, 1.54) is 0 Å². The number of carbonyl (C=O) groups is 1. The van der Waals surface area contributed by atoms with Crippen LogP contribution in [-0.2, 0) is 19.6 Å². The normalized spacial score (nSPS) is 13.4. The molecule has 6 nitrogen and oxygen atoms in total. The van der Waals surface area contributed by atoms with E-state index in [0.717, 1.165) is 6.26 Å². The molecule has 0 aliphatic carbocycles. The van der Waals surface area contributed by atoms with Gasteiger partial charge in [-0.1, -0.05) is 6.92 Å². The molecular weight excluding hydrogens is 232 g/mol. The predicted octanol–water partition coefficient (Wildman–Crippen LogP) is -0.533. The Balaban J connectivity index is 3.84. The summed E-state index contributed by atoms with van der Waals surface area (Å²) in [5.41, 5.74) is 0. The van der Waals surface area contributed by atoms with Crippen LogP contribution in [-0.4, -0.2) is 46.4 Å². The first kappa shape index (κ1) is 15.3. The molecular formula is C9H20N2O4S. The zero-order valence-corrected chi connectivity index (χ0v) is 10.8. The van der Waals surface area contributed by atoms with E-state index in [9.17, 15) is 13.2 Å². The molecule has 1 unspecified atom stereocenters. The van der Waals surface area contributed by atoms with Crippen LogP contribution in [0.2, 0.25) is 0 Å². The fourth-order valence-corrected chi connectivity index (χ4v) is 1.59. The number of rotatable bonds is 8. The van der Waals surface area contributed by atoms with Crippen molar-refractivity contribution in [1.29, 1.82) is 0 Å². The number of carbonyl (C=O) groups excluding carboxylic acids is 1. The van der Waals surface area contributed by atoms with Crippen LogP contribution in [0.25, 0.3) is 0 Å². The summed E-state index contributed by atoms with van der Waals surface area (Å²) in [6.07, 6.45) is 1.70. The highest BCUT2D eigenvalue weighted by Gasteiger charge is 2.16. The molecule has 0 aliphatic rings. The molecule has 0 radical (unpaired) electrons. The van der Waals surface area contributed by atoms with Crippen molar-refractivity contribution in [3.05, 3.63) is 0 Å². The summed E-state index contributed by atoms with van der Waals surface area (Å²) >= 11 is 0. The molecule has 0 bridgehead atoms. The van der Waals surface area contributed by atoms with E-state index in [4.69, 9.17) is 4.74 Å². The fourth-order valence-electron chi connectivity index (χ4n) is 1.12. The standard InChI is InChI=1S/C9H20N2O4S/c1-4-8(9(12)15-5-2)10-6-7-11-16(3,13)14/h8,10-11H,4-7H2,1-3H3. The minimum atomic E-state index is -3.17. The number of esters is 1. The average Bonchev–Trinajstić information content (AvgIpc) is 2.16. The van der Waals surface area contributed by atoms with Gasteiger partial charge in [-0.3, -0.25) is 4.79 Å². The Morgan fingerprint density at radius 1 is 1.31 bits per heavy atom. The smallest absolute Gasteiger partial charge is 0.323 e. The summed E-state index contributed by atoms with van der Waals surface area (Å²) in [6.45, 7) is 4.60. The van der Waals surface area contributed by atoms with Gasteiger partial charge >= 0.3 is 5.97 Å². The lowest BCUT2D eigenvalue weighted by Crippen LogP contribution is -2.41. The molecule has 0 heterocycles. The maximum Gasteiger partial charge on any atom is 0.323 e. The van der Waals surface area contributed by atoms with Gasteiger partial charge in [0.1, 0.15) is 6.04 Å². The summed E-state index contributed by atoms with van der Waals surface area (Å²) in [7, 11) is -3.17. The molecule has 0 aromatic heterocycles. The van der Waals surface area contributed by atoms with Gasteiger partial charge in [0, 0.05) is 13.1 Å². The molecule has 2 N–H and O–H groups in total. The second-order valence-corrected chi connectivity index (χ2v) is 5.17. The van der Waals surface area contributed by atoms with Crippen molar-refractivity contribution in [1.82, 2.24) is 10.0 Å². The maximum absolute atomic E-state index is 11.3. The van der Waals surface area contributed by atoms with Crippen molar-refractivity contribution in [2.24, 2.45) is 0 Å². The Labute approximate surface area is 96.8 Å². The van der Waals surface area contributed by atoms with E-state index < -0.39 is 10.0 Å². The van der Waals surface area contributed by atoms with E-state index in [1.807, 2.05) is 6.92 Å². The predicted molar refractivity (Wildman–Crippen MR) is 61.6 cm³/mol. The first-order valence-electron chi connectivity index (χ1n) is 5.25. The van der Waals surface area contributed by atoms with Gasteiger partial charge in [-0.15, -0.1) is 0 Å². The molecule has 0 aliphatic heterocycles. The number of hydrogen-bond donors (Lipinski definition) is 2. The Morgan fingerprint density at radius 3 is 2.38 bits per heavy atom. The molecule has 0 spiro atoms. The molecule has 96 valence electrons. The second kappa shape index (κ2) is 7.59. The van der Waals surface area contributed by atoms with Crippen molar-refractivity contribution in [3.63, 3.8) is 0 Å². The minimum Gasteiger partial charge on any atom is -0.465 e. The molecule has 0 saturated heterocycles. The van der Waals surface area contributed by atoms with Crippen LogP contribution in [0, 0.1) is 0 Å². The van der Waals surface area contributed by atoms with Gasteiger partial charge in [0.2, 0.25) is 10.0 Å². The van der Waals surface area contributed by atoms with Crippen LogP contribution in [0.1, 0.15) is 20.3 Å². The van der Waals surface area contributed by atoms with Gasteiger partial charge in [0.25, 0.3) is 0 Å². The Hall–Kier alpha value is -0.660. The summed E-state index contributed by atoms with van der Waals surface area (Å²) in [4.78, 5) is 11.3. The van der Waals surface area contributed by atoms with Crippen molar-refractivity contribution < 1.29 is 17.9 Å². The zero-order chi connectivity index (χ0) is 12.6. The Kier molecular flexibility index (Phi) is 7.27. The average molecular weight is 252 g/mol. The van der Waals surface area contributed by atoms with Crippen LogP contribution >= 0.6 is 0 Å². The first-order valence-corrected chi connectivity index (χ1v) is 7.14. The zero-order valence-electron chi connectivity index (χ0n) is 9.95. The van der Waals surface area contributed by atoms with Crippen LogP contribution in [0.5, 0.6) is 0 Å². The quantitative estimate of drug-likeness (QED) is 0.448. The third-order valence-corrected chi connectivity index (χ3v) is 2.59. The third-order valence-electron chi connectivity index (χ3n) is 1.86. The van der Waals surface area contributed by atoms with Crippen LogP contribution in [0.15, 0.2) is 0 Å². The maximum atomic E-state index is 11.3. The lowest BCUT2D eigenvalue weighted by Gasteiger charge is -2.15. The minimum absolute atomic E-state index is 0.259. The van der Waals surface area contributed by atoms with E-state index in [-0.39, 0.29) is 18.6 Å².